The minimum Gasteiger partial charge on any atom is -0.465 e. The fourth-order valence-electron chi connectivity index (χ4n) is 5.49. The molecule has 4 aromatic carbocycles. The van der Waals surface area contributed by atoms with E-state index in [0.29, 0.717) is 13.0 Å². The molecule has 1 fully saturated rings. The Kier molecular flexibility index (Phi) is 8.03. The highest BCUT2D eigenvalue weighted by Gasteiger charge is 2.46. The molecule has 1 saturated heterocycles. The molecular weight excluding hydrogens is 504 g/mol. The summed E-state index contributed by atoms with van der Waals surface area (Å²) in [5, 5.41) is 10.0. The van der Waals surface area contributed by atoms with Crippen molar-refractivity contribution in [2.24, 2.45) is 0 Å². The number of amides is 2. The summed E-state index contributed by atoms with van der Waals surface area (Å²) in [6.07, 6.45) is -0.613. The van der Waals surface area contributed by atoms with Crippen LogP contribution in [0.4, 0.5) is 4.79 Å². The first-order valence-electron chi connectivity index (χ1n) is 13.1. The summed E-state index contributed by atoms with van der Waals surface area (Å²) >= 11 is 1.74. The van der Waals surface area contributed by atoms with Gasteiger partial charge in [-0.2, -0.15) is 0 Å². The van der Waals surface area contributed by atoms with Crippen molar-refractivity contribution in [2.75, 3.05) is 13.6 Å². The maximum atomic E-state index is 13.6. The molecule has 0 saturated carbocycles. The van der Waals surface area contributed by atoms with Crippen molar-refractivity contribution in [1.82, 2.24) is 9.80 Å². The first-order chi connectivity index (χ1) is 19.0. The number of thioether (sulfide) groups is 1. The summed E-state index contributed by atoms with van der Waals surface area (Å²) in [6.45, 7) is 0.716. The monoisotopic (exact) mass is 536 g/mol. The molecule has 0 unspecified atom stereocenters. The number of likely N-dealkylation sites (tertiary alicyclic amines) is 1. The molecule has 2 amide bonds. The van der Waals surface area contributed by atoms with Crippen LogP contribution in [-0.4, -0.2) is 51.8 Å². The van der Waals surface area contributed by atoms with Gasteiger partial charge in [-0.25, -0.2) is 4.79 Å². The normalized spacial score (nSPS) is 17.1. The molecule has 6 heteroatoms. The van der Waals surface area contributed by atoms with Crippen molar-refractivity contribution in [3.63, 3.8) is 0 Å². The zero-order valence-electron chi connectivity index (χ0n) is 21.9. The summed E-state index contributed by atoms with van der Waals surface area (Å²) in [5.41, 5.74) is 4.36. The lowest BCUT2D eigenvalue weighted by Gasteiger charge is -2.37. The molecule has 0 aromatic heterocycles. The van der Waals surface area contributed by atoms with Crippen molar-refractivity contribution in [3.05, 3.63) is 144 Å². The Bertz CT molecular complexity index is 1290. The Morgan fingerprint density at radius 3 is 1.67 bits per heavy atom. The number of hydrogen-bond acceptors (Lipinski definition) is 3. The Balaban J connectivity index is 1.50. The highest BCUT2D eigenvalue weighted by Crippen LogP contribution is 2.52. The zero-order chi connectivity index (χ0) is 27.2. The molecule has 0 bridgehead atoms. The topological polar surface area (TPSA) is 60.9 Å². The molecular formula is C33H32N2O3S. The average molecular weight is 537 g/mol. The molecule has 2 atom stereocenters. The van der Waals surface area contributed by atoms with Gasteiger partial charge in [0.15, 0.2) is 0 Å². The van der Waals surface area contributed by atoms with Crippen molar-refractivity contribution in [1.29, 1.82) is 0 Å². The second-order valence-electron chi connectivity index (χ2n) is 9.89. The van der Waals surface area contributed by atoms with E-state index < -0.39 is 16.9 Å². The zero-order valence-corrected chi connectivity index (χ0v) is 22.7. The van der Waals surface area contributed by atoms with E-state index in [1.165, 1.54) is 4.90 Å². The van der Waals surface area contributed by atoms with Crippen molar-refractivity contribution < 1.29 is 14.7 Å². The molecule has 5 nitrogen and oxygen atoms in total. The molecule has 39 heavy (non-hydrogen) atoms. The van der Waals surface area contributed by atoms with Crippen molar-refractivity contribution in [3.8, 4) is 0 Å². The van der Waals surface area contributed by atoms with Gasteiger partial charge in [0, 0.05) is 25.4 Å². The van der Waals surface area contributed by atoms with Gasteiger partial charge in [-0.05, 0) is 28.7 Å². The maximum Gasteiger partial charge on any atom is 0.408 e. The maximum absolute atomic E-state index is 13.6. The van der Waals surface area contributed by atoms with Crippen LogP contribution in [0.5, 0.6) is 0 Å². The molecule has 5 rings (SSSR count). The van der Waals surface area contributed by atoms with Crippen molar-refractivity contribution in [2.45, 2.75) is 29.0 Å². The summed E-state index contributed by atoms with van der Waals surface area (Å²) < 4.78 is -0.577. The van der Waals surface area contributed by atoms with E-state index in [-0.39, 0.29) is 17.7 Å². The van der Waals surface area contributed by atoms with Crippen LogP contribution in [0.2, 0.25) is 0 Å². The van der Waals surface area contributed by atoms with E-state index in [9.17, 15) is 14.7 Å². The molecule has 198 valence electrons. The fourth-order valence-corrected chi connectivity index (χ4v) is 7.32. The smallest absolute Gasteiger partial charge is 0.408 e. The molecule has 1 N–H and O–H groups in total. The predicted molar refractivity (Wildman–Crippen MR) is 157 cm³/mol. The van der Waals surface area contributed by atoms with E-state index in [2.05, 4.69) is 36.4 Å². The highest BCUT2D eigenvalue weighted by molar-refractivity contribution is 8.01. The number of rotatable bonds is 8. The van der Waals surface area contributed by atoms with Crippen molar-refractivity contribution >= 4 is 23.8 Å². The van der Waals surface area contributed by atoms with Gasteiger partial charge in [0.2, 0.25) is 5.91 Å². The minimum atomic E-state index is -1.06. The Morgan fingerprint density at radius 1 is 0.795 bits per heavy atom. The van der Waals surface area contributed by atoms with Crippen LogP contribution in [-0.2, 0) is 16.1 Å². The fraction of sp³-hybridized carbons (Fsp3) is 0.212. The quantitative estimate of drug-likeness (QED) is 0.262. The molecule has 0 radical (unpaired) electrons. The van der Waals surface area contributed by atoms with Crippen LogP contribution in [0.3, 0.4) is 0 Å². The van der Waals surface area contributed by atoms with Gasteiger partial charge >= 0.3 is 6.09 Å². The number of benzene rings is 4. The molecule has 1 heterocycles. The number of likely N-dealkylation sites (N-methyl/N-ethyl adjacent to an activating group) is 1. The molecule has 1 aliphatic rings. The predicted octanol–water partition coefficient (Wildman–Crippen LogP) is 6.49. The van der Waals surface area contributed by atoms with E-state index >= 15 is 0 Å². The van der Waals surface area contributed by atoms with Gasteiger partial charge in [0.25, 0.3) is 0 Å². The highest BCUT2D eigenvalue weighted by atomic mass is 32.2. The lowest BCUT2D eigenvalue weighted by atomic mass is 9.84. The Labute approximate surface area is 234 Å². The lowest BCUT2D eigenvalue weighted by Crippen LogP contribution is -2.45. The number of carboxylic acid groups (broad SMARTS) is 1. The third-order valence-corrected chi connectivity index (χ3v) is 9.05. The van der Waals surface area contributed by atoms with E-state index in [1.807, 2.05) is 84.9 Å². The van der Waals surface area contributed by atoms with Crippen LogP contribution in [0.25, 0.3) is 0 Å². The van der Waals surface area contributed by atoms with Gasteiger partial charge in [0.05, 0.1) is 4.75 Å². The average Bonchev–Trinajstić information content (AvgIpc) is 3.41. The number of hydrogen-bond donors (Lipinski definition) is 1. The lowest BCUT2D eigenvalue weighted by molar-refractivity contribution is -0.134. The summed E-state index contributed by atoms with van der Waals surface area (Å²) in [7, 11) is 1.75. The third kappa shape index (κ3) is 5.57. The first kappa shape index (κ1) is 26.6. The molecule has 0 aliphatic carbocycles. The minimum absolute atomic E-state index is 0.0965. The second kappa shape index (κ2) is 11.8. The summed E-state index contributed by atoms with van der Waals surface area (Å²) in [6, 6.07) is 40.1. The Hall–Kier alpha value is -4.03. The second-order valence-corrected chi connectivity index (χ2v) is 11.4. The van der Waals surface area contributed by atoms with Crippen LogP contribution < -0.4 is 0 Å². The number of carbonyl (C=O) groups is 2. The number of carbonyl (C=O) groups excluding carboxylic acids is 1. The van der Waals surface area contributed by atoms with Gasteiger partial charge in [-0.1, -0.05) is 121 Å². The Morgan fingerprint density at radius 2 is 1.23 bits per heavy atom. The standard InChI is InChI=1S/C33H32N2O3S/c1-34(23-25-14-6-2-7-15-25)31(36)30-22-29(24-35(30)32(37)38)39-33(26-16-8-3-9-17-26,27-18-10-4-11-19-27)28-20-12-5-13-21-28/h2-21,29-30H,22-24H2,1H3,(H,37,38)/t29-,30+/m1/s1. The first-order valence-corrected chi connectivity index (χ1v) is 14.0. The summed E-state index contributed by atoms with van der Waals surface area (Å²) in [4.78, 5) is 28.9. The molecule has 4 aromatic rings. The van der Waals surface area contributed by atoms with E-state index in [1.54, 1.807) is 23.7 Å². The molecule has 1 aliphatic heterocycles. The van der Waals surface area contributed by atoms with Crippen LogP contribution in [0.1, 0.15) is 28.7 Å². The molecule has 0 spiro atoms. The SMILES string of the molecule is CN(Cc1ccccc1)C(=O)[C@@H]1C[C@@H](SC(c2ccccc2)(c2ccccc2)c2ccccc2)CN1C(=O)O. The van der Waals surface area contributed by atoms with Crippen LogP contribution >= 0.6 is 11.8 Å². The van der Waals surface area contributed by atoms with E-state index in [4.69, 9.17) is 0 Å². The van der Waals surface area contributed by atoms with Crippen LogP contribution in [0.15, 0.2) is 121 Å². The largest absolute Gasteiger partial charge is 0.465 e. The van der Waals surface area contributed by atoms with Gasteiger partial charge in [0.1, 0.15) is 6.04 Å². The summed E-state index contributed by atoms with van der Waals surface area (Å²) in [5.74, 6) is -0.172. The third-order valence-electron chi connectivity index (χ3n) is 7.32. The van der Waals surface area contributed by atoms with Crippen LogP contribution in [0, 0.1) is 0 Å². The van der Waals surface area contributed by atoms with E-state index in [0.717, 1.165) is 22.3 Å². The van der Waals surface area contributed by atoms with Gasteiger partial charge < -0.3 is 10.0 Å². The van der Waals surface area contributed by atoms with Gasteiger partial charge in [-0.15, -0.1) is 11.8 Å². The number of nitrogens with zero attached hydrogens (tertiary/aromatic N) is 2. The van der Waals surface area contributed by atoms with Gasteiger partial charge in [-0.3, -0.25) is 9.69 Å².